The van der Waals surface area contributed by atoms with E-state index in [9.17, 15) is 9.90 Å². The largest absolute Gasteiger partial charge is 0.388 e. The molecule has 15 heavy (non-hydrogen) atoms. The van der Waals surface area contributed by atoms with Crippen LogP contribution in [0, 0.1) is 0 Å². The Hall–Kier alpha value is -0.130. The second kappa shape index (κ2) is 8.07. The molecule has 88 valence electrons. The van der Waals surface area contributed by atoms with E-state index in [1.807, 2.05) is 13.8 Å². The third kappa shape index (κ3) is 4.95. The van der Waals surface area contributed by atoms with Crippen LogP contribution in [0.25, 0.3) is 0 Å². The fourth-order valence-corrected chi connectivity index (χ4v) is 3.45. The van der Waals surface area contributed by atoms with Gasteiger partial charge in [-0.3, -0.25) is 4.79 Å². The molecule has 0 aliphatic rings. The molecular weight excluding hydrogens is 230 g/mol. The molecule has 0 radical (unpaired) electrons. The smallest absolute Gasteiger partial charge is 0.251 e. The summed E-state index contributed by atoms with van der Waals surface area (Å²) in [6, 6.07) is 0. The van der Waals surface area contributed by atoms with Gasteiger partial charge in [-0.25, -0.2) is 0 Å². The minimum Gasteiger partial charge on any atom is -0.388 e. The fraction of sp³-hybridized carbons (Fsp3) is 0.700. The zero-order valence-corrected chi connectivity index (χ0v) is 11.3. The maximum absolute atomic E-state index is 11.6. The Balaban J connectivity index is 5.04. The van der Waals surface area contributed by atoms with Crippen LogP contribution in [0.5, 0.6) is 0 Å². The van der Waals surface area contributed by atoms with Crippen molar-refractivity contribution in [1.82, 2.24) is 5.32 Å². The summed E-state index contributed by atoms with van der Waals surface area (Å²) < 4.78 is 0.925. The molecule has 0 spiro atoms. The van der Waals surface area contributed by atoms with Crippen molar-refractivity contribution in [1.29, 1.82) is 0 Å². The van der Waals surface area contributed by atoms with E-state index in [1.165, 1.54) is 0 Å². The van der Waals surface area contributed by atoms with Gasteiger partial charge in [0.15, 0.2) is 0 Å². The zero-order chi connectivity index (χ0) is 11.8. The summed E-state index contributed by atoms with van der Waals surface area (Å²) in [4.78, 5) is 11.6. The van der Waals surface area contributed by atoms with E-state index in [2.05, 4.69) is 5.32 Å². The summed E-state index contributed by atoms with van der Waals surface area (Å²) >= 11 is 3.21. The van der Waals surface area contributed by atoms with Crippen LogP contribution in [-0.2, 0) is 4.79 Å². The lowest BCUT2D eigenvalue weighted by atomic mass is 10.2. The molecule has 0 saturated carbocycles. The van der Waals surface area contributed by atoms with E-state index >= 15 is 0 Å². The summed E-state index contributed by atoms with van der Waals surface area (Å²) in [6.45, 7) is 5.69. The van der Waals surface area contributed by atoms with Gasteiger partial charge in [-0.1, -0.05) is 13.8 Å². The average Bonchev–Trinajstić information content (AvgIpc) is 2.18. The molecule has 0 aromatic heterocycles. The first-order chi connectivity index (χ1) is 7.08. The molecule has 2 N–H and O–H groups in total. The van der Waals surface area contributed by atoms with Crippen LogP contribution >= 0.6 is 23.5 Å². The lowest BCUT2D eigenvalue weighted by Gasteiger charge is -2.14. The molecule has 0 aromatic rings. The number of aliphatic hydroxyl groups is 1. The third-order valence-electron chi connectivity index (χ3n) is 1.66. The van der Waals surface area contributed by atoms with Crippen LogP contribution in [-0.4, -0.2) is 35.7 Å². The molecule has 0 aliphatic carbocycles. The molecule has 5 heteroatoms. The highest BCUT2D eigenvalue weighted by Crippen LogP contribution is 2.32. The standard InChI is InChI=1S/C10H19NO2S2/c1-5-14-10(15-6-2)8(7(3)12)9(13)11-4/h7,12H,5-6H2,1-4H3,(H,11,13). The number of rotatable bonds is 6. The molecule has 0 bridgehead atoms. The topological polar surface area (TPSA) is 49.3 Å². The van der Waals surface area contributed by atoms with Crippen LogP contribution in [0.2, 0.25) is 0 Å². The number of thioether (sulfide) groups is 2. The Labute approximate surface area is 100 Å². The number of carbonyl (C=O) groups is 1. The van der Waals surface area contributed by atoms with Gasteiger partial charge in [0.25, 0.3) is 5.91 Å². The summed E-state index contributed by atoms with van der Waals surface area (Å²) in [5, 5.41) is 12.2. The van der Waals surface area contributed by atoms with Gasteiger partial charge in [0.2, 0.25) is 0 Å². The maximum atomic E-state index is 11.6. The van der Waals surface area contributed by atoms with Gasteiger partial charge in [-0.15, -0.1) is 23.5 Å². The first-order valence-corrected chi connectivity index (χ1v) is 6.95. The third-order valence-corrected chi connectivity index (χ3v) is 3.91. The summed E-state index contributed by atoms with van der Waals surface area (Å²) in [7, 11) is 1.58. The van der Waals surface area contributed by atoms with Gasteiger partial charge in [0.05, 0.1) is 15.9 Å². The molecule has 0 rings (SSSR count). The normalized spacial score (nSPS) is 12.1. The second-order valence-electron chi connectivity index (χ2n) is 2.82. The van der Waals surface area contributed by atoms with Crippen molar-refractivity contribution in [3.8, 4) is 0 Å². The minimum absolute atomic E-state index is 0.193. The Kier molecular flexibility index (Phi) is 8.00. The van der Waals surface area contributed by atoms with E-state index in [4.69, 9.17) is 0 Å². The summed E-state index contributed by atoms with van der Waals surface area (Å²) in [5.74, 6) is 1.60. The van der Waals surface area contributed by atoms with Crippen LogP contribution in [0.4, 0.5) is 0 Å². The van der Waals surface area contributed by atoms with Crippen molar-refractivity contribution in [2.45, 2.75) is 26.9 Å². The van der Waals surface area contributed by atoms with Crippen LogP contribution in [0.15, 0.2) is 9.81 Å². The van der Waals surface area contributed by atoms with Gasteiger partial charge < -0.3 is 10.4 Å². The van der Waals surface area contributed by atoms with Crippen LogP contribution < -0.4 is 5.32 Å². The maximum Gasteiger partial charge on any atom is 0.251 e. The van der Waals surface area contributed by atoms with E-state index in [0.29, 0.717) is 5.57 Å². The van der Waals surface area contributed by atoms with Crippen molar-refractivity contribution < 1.29 is 9.90 Å². The Morgan fingerprint density at radius 3 is 2.07 bits per heavy atom. The Morgan fingerprint density at radius 2 is 1.80 bits per heavy atom. The molecular formula is C10H19NO2S2. The van der Waals surface area contributed by atoms with E-state index in [1.54, 1.807) is 37.5 Å². The van der Waals surface area contributed by atoms with E-state index in [-0.39, 0.29) is 5.91 Å². The SMILES string of the molecule is CCSC(SCC)=C(C(=O)NC)C(C)O. The number of amides is 1. The van der Waals surface area contributed by atoms with Crippen molar-refractivity contribution in [2.75, 3.05) is 18.6 Å². The van der Waals surface area contributed by atoms with Gasteiger partial charge >= 0.3 is 0 Å². The van der Waals surface area contributed by atoms with E-state index < -0.39 is 6.10 Å². The van der Waals surface area contributed by atoms with Crippen molar-refractivity contribution in [3.05, 3.63) is 9.81 Å². The highest BCUT2D eigenvalue weighted by Gasteiger charge is 2.19. The summed E-state index contributed by atoms with van der Waals surface area (Å²) in [5.41, 5.74) is 0.483. The van der Waals surface area contributed by atoms with Crippen LogP contribution in [0.1, 0.15) is 20.8 Å². The molecule has 1 amide bonds. The Bertz CT molecular complexity index is 232. The lowest BCUT2D eigenvalue weighted by Crippen LogP contribution is -2.26. The lowest BCUT2D eigenvalue weighted by molar-refractivity contribution is -0.117. The Morgan fingerprint density at radius 1 is 1.33 bits per heavy atom. The number of hydrogen-bond acceptors (Lipinski definition) is 4. The summed E-state index contributed by atoms with van der Waals surface area (Å²) in [6.07, 6.45) is -0.724. The molecule has 0 heterocycles. The number of hydrogen-bond donors (Lipinski definition) is 2. The molecule has 0 fully saturated rings. The highest BCUT2D eigenvalue weighted by atomic mass is 32.2. The second-order valence-corrected chi connectivity index (χ2v) is 5.63. The molecule has 0 aromatic carbocycles. The quantitative estimate of drug-likeness (QED) is 0.705. The highest BCUT2D eigenvalue weighted by molar-refractivity contribution is 8.22. The average molecular weight is 249 g/mol. The predicted molar refractivity (Wildman–Crippen MR) is 69.0 cm³/mol. The van der Waals surface area contributed by atoms with Crippen molar-refractivity contribution >= 4 is 29.4 Å². The number of likely N-dealkylation sites (N-methyl/N-ethyl adjacent to an activating group) is 1. The zero-order valence-electron chi connectivity index (χ0n) is 9.66. The predicted octanol–water partition coefficient (Wildman–Crippen LogP) is 1.83. The first kappa shape index (κ1) is 14.9. The van der Waals surface area contributed by atoms with Crippen LogP contribution in [0.3, 0.4) is 0 Å². The fourth-order valence-electron chi connectivity index (χ4n) is 1.05. The molecule has 1 unspecified atom stereocenters. The number of carbonyl (C=O) groups excluding carboxylic acids is 1. The number of nitrogens with one attached hydrogen (secondary N) is 1. The molecule has 1 atom stereocenters. The monoisotopic (exact) mass is 249 g/mol. The number of aliphatic hydroxyl groups excluding tert-OH is 1. The molecule has 0 saturated heterocycles. The van der Waals surface area contributed by atoms with Gasteiger partial charge in [-0.2, -0.15) is 0 Å². The van der Waals surface area contributed by atoms with Crippen molar-refractivity contribution in [3.63, 3.8) is 0 Å². The van der Waals surface area contributed by atoms with Gasteiger partial charge in [-0.05, 0) is 18.4 Å². The van der Waals surface area contributed by atoms with E-state index in [0.717, 1.165) is 15.7 Å². The molecule has 3 nitrogen and oxygen atoms in total. The van der Waals surface area contributed by atoms with Gasteiger partial charge in [0, 0.05) is 7.05 Å². The van der Waals surface area contributed by atoms with Gasteiger partial charge in [0.1, 0.15) is 0 Å². The van der Waals surface area contributed by atoms with Crippen molar-refractivity contribution in [2.24, 2.45) is 0 Å². The minimum atomic E-state index is -0.724. The molecule has 0 aliphatic heterocycles. The first-order valence-electron chi connectivity index (χ1n) is 4.98.